The molecule has 1 aromatic carbocycles. The van der Waals surface area contributed by atoms with Gasteiger partial charge in [0.25, 0.3) is 0 Å². The predicted octanol–water partition coefficient (Wildman–Crippen LogP) is 3.23. The second-order valence-electron chi connectivity index (χ2n) is 4.95. The van der Waals surface area contributed by atoms with Crippen molar-refractivity contribution in [2.75, 3.05) is 18.6 Å². The van der Waals surface area contributed by atoms with Crippen molar-refractivity contribution in [2.24, 2.45) is 0 Å². The van der Waals surface area contributed by atoms with E-state index >= 15 is 0 Å². The van der Waals surface area contributed by atoms with Gasteiger partial charge in [0.1, 0.15) is 0 Å². The van der Waals surface area contributed by atoms with E-state index in [-0.39, 0.29) is 0 Å². The first kappa shape index (κ1) is 14.1. The maximum absolute atomic E-state index is 5.49. The molecule has 0 bridgehead atoms. The molecule has 1 aromatic heterocycles. The molecule has 0 spiro atoms. The first-order valence-corrected chi connectivity index (χ1v) is 8.49. The molecule has 1 saturated heterocycles. The number of aromatic nitrogens is 2. The summed E-state index contributed by atoms with van der Waals surface area (Å²) in [6, 6.07) is 6.50. The molecule has 2 unspecified atom stereocenters. The SMILES string of the molecule is CNC1CSCC1c1nc(-c2ccc(Br)cc2C)no1. The van der Waals surface area contributed by atoms with Crippen LogP contribution in [-0.2, 0) is 0 Å². The molecule has 2 heterocycles. The largest absolute Gasteiger partial charge is 0.339 e. The van der Waals surface area contributed by atoms with E-state index in [1.165, 1.54) is 0 Å². The van der Waals surface area contributed by atoms with E-state index in [9.17, 15) is 0 Å². The average molecular weight is 354 g/mol. The zero-order valence-corrected chi connectivity index (χ0v) is 13.8. The van der Waals surface area contributed by atoms with Crippen molar-refractivity contribution < 1.29 is 4.52 Å². The lowest BCUT2D eigenvalue weighted by molar-refractivity contribution is 0.344. The van der Waals surface area contributed by atoms with Gasteiger partial charge in [-0.15, -0.1) is 0 Å². The van der Waals surface area contributed by atoms with Crippen molar-refractivity contribution in [3.8, 4) is 11.4 Å². The number of benzene rings is 1. The second kappa shape index (κ2) is 5.87. The summed E-state index contributed by atoms with van der Waals surface area (Å²) in [5, 5.41) is 7.48. The number of aryl methyl sites for hydroxylation is 1. The van der Waals surface area contributed by atoms with Crippen LogP contribution in [0.1, 0.15) is 17.4 Å². The van der Waals surface area contributed by atoms with E-state index in [0.717, 1.165) is 33.0 Å². The normalized spacial score (nSPS) is 22.4. The van der Waals surface area contributed by atoms with E-state index in [4.69, 9.17) is 4.52 Å². The van der Waals surface area contributed by atoms with Gasteiger partial charge in [-0.05, 0) is 37.7 Å². The van der Waals surface area contributed by atoms with Gasteiger partial charge in [-0.1, -0.05) is 21.1 Å². The Balaban J connectivity index is 1.90. The molecule has 0 saturated carbocycles. The van der Waals surface area contributed by atoms with E-state index < -0.39 is 0 Å². The Bertz CT molecular complexity index is 616. The molecule has 1 N–H and O–H groups in total. The first-order chi connectivity index (χ1) is 9.69. The summed E-state index contributed by atoms with van der Waals surface area (Å²) in [6.45, 7) is 2.05. The molecule has 2 atom stereocenters. The maximum Gasteiger partial charge on any atom is 0.232 e. The minimum absolute atomic E-state index is 0.307. The fraction of sp³-hybridized carbons (Fsp3) is 0.429. The summed E-state index contributed by atoms with van der Waals surface area (Å²) in [7, 11) is 1.99. The lowest BCUT2D eigenvalue weighted by Gasteiger charge is -2.13. The van der Waals surface area contributed by atoms with Crippen molar-refractivity contribution in [1.82, 2.24) is 15.5 Å². The first-order valence-electron chi connectivity index (χ1n) is 6.54. The summed E-state index contributed by atoms with van der Waals surface area (Å²) < 4.78 is 6.55. The Morgan fingerprint density at radius 1 is 1.40 bits per heavy atom. The molecule has 106 valence electrons. The van der Waals surface area contributed by atoms with Crippen LogP contribution in [0.3, 0.4) is 0 Å². The zero-order valence-electron chi connectivity index (χ0n) is 11.4. The minimum Gasteiger partial charge on any atom is -0.339 e. The smallest absolute Gasteiger partial charge is 0.232 e. The third-order valence-electron chi connectivity index (χ3n) is 3.64. The Morgan fingerprint density at radius 2 is 2.25 bits per heavy atom. The van der Waals surface area contributed by atoms with E-state index in [1.54, 1.807) is 0 Å². The number of thioether (sulfide) groups is 1. The Morgan fingerprint density at radius 3 is 3.00 bits per heavy atom. The molecular formula is C14H16BrN3OS. The molecule has 1 fully saturated rings. The van der Waals surface area contributed by atoms with Gasteiger partial charge in [0.05, 0.1) is 5.92 Å². The number of hydrogen-bond acceptors (Lipinski definition) is 5. The molecule has 0 radical (unpaired) electrons. The molecule has 20 heavy (non-hydrogen) atoms. The topological polar surface area (TPSA) is 51.0 Å². The van der Waals surface area contributed by atoms with E-state index in [0.29, 0.717) is 17.8 Å². The number of halogens is 1. The van der Waals surface area contributed by atoms with Gasteiger partial charge in [-0.3, -0.25) is 0 Å². The van der Waals surface area contributed by atoms with Crippen molar-refractivity contribution in [3.63, 3.8) is 0 Å². The van der Waals surface area contributed by atoms with Crippen LogP contribution >= 0.6 is 27.7 Å². The summed E-state index contributed by atoms with van der Waals surface area (Å²) >= 11 is 5.39. The van der Waals surface area contributed by atoms with Gasteiger partial charge in [-0.2, -0.15) is 16.7 Å². The standard InChI is InChI=1S/C14H16BrN3OS/c1-8-5-9(15)3-4-10(8)13-17-14(19-18-13)11-6-20-7-12(11)16-2/h3-5,11-12,16H,6-7H2,1-2H3. The molecule has 6 heteroatoms. The van der Waals surface area contributed by atoms with Gasteiger partial charge in [0, 0.05) is 27.6 Å². The van der Waals surface area contributed by atoms with Crippen LogP contribution in [0.2, 0.25) is 0 Å². The third-order valence-corrected chi connectivity index (χ3v) is 5.32. The highest BCUT2D eigenvalue weighted by Crippen LogP contribution is 2.33. The van der Waals surface area contributed by atoms with Crippen LogP contribution < -0.4 is 5.32 Å². The van der Waals surface area contributed by atoms with Crippen LogP contribution in [0.4, 0.5) is 0 Å². The van der Waals surface area contributed by atoms with Crippen molar-refractivity contribution >= 4 is 27.7 Å². The highest BCUT2D eigenvalue weighted by molar-refractivity contribution is 9.10. The maximum atomic E-state index is 5.49. The van der Waals surface area contributed by atoms with Crippen LogP contribution in [0.15, 0.2) is 27.2 Å². The van der Waals surface area contributed by atoms with Crippen molar-refractivity contribution in [2.45, 2.75) is 18.9 Å². The Kier molecular flexibility index (Phi) is 4.14. The third kappa shape index (κ3) is 2.64. The van der Waals surface area contributed by atoms with Gasteiger partial charge < -0.3 is 9.84 Å². The molecule has 4 nitrogen and oxygen atoms in total. The summed E-state index contributed by atoms with van der Waals surface area (Å²) in [6.07, 6.45) is 0. The fourth-order valence-corrected chi connectivity index (χ4v) is 4.35. The molecule has 0 aliphatic carbocycles. The molecule has 0 amide bonds. The zero-order chi connectivity index (χ0) is 14.1. The van der Waals surface area contributed by atoms with Gasteiger partial charge in [0.15, 0.2) is 0 Å². The van der Waals surface area contributed by atoms with Crippen LogP contribution in [-0.4, -0.2) is 34.7 Å². The van der Waals surface area contributed by atoms with Crippen molar-refractivity contribution in [1.29, 1.82) is 0 Å². The molecule has 3 rings (SSSR count). The second-order valence-corrected chi connectivity index (χ2v) is 6.95. The quantitative estimate of drug-likeness (QED) is 0.917. The van der Waals surface area contributed by atoms with Gasteiger partial charge in [0.2, 0.25) is 11.7 Å². The number of nitrogens with zero attached hydrogens (tertiary/aromatic N) is 2. The Labute approximate surface area is 130 Å². The molecule has 1 aliphatic rings. The predicted molar refractivity (Wildman–Crippen MR) is 85.1 cm³/mol. The summed E-state index contributed by atoms with van der Waals surface area (Å²) in [5.74, 6) is 3.85. The minimum atomic E-state index is 0.307. The lowest BCUT2D eigenvalue weighted by atomic mass is 10.0. The molecular weight excluding hydrogens is 338 g/mol. The highest BCUT2D eigenvalue weighted by Gasteiger charge is 2.32. The lowest BCUT2D eigenvalue weighted by Crippen LogP contribution is -2.31. The van der Waals surface area contributed by atoms with Gasteiger partial charge in [-0.25, -0.2) is 0 Å². The number of hydrogen-bond donors (Lipinski definition) is 1. The highest BCUT2D eigenvalue weighted by atomic mass is 79.9. The number of rotatable bonds is 3. The molecule has 2 aromatic rings. The summed E-state index contributed by atoms with van der Waals surface area (Å²) in [4.78, 5) is 4.60. The van der Waals surface area contributed by atoms with Gasteiger partial charge >= 0.3 is 0 Å². The van der Waals surface area contributed by atoms with E-state index in [2.05, 4.69) is 44.4 Å². The Hall–Kier alpha value is -0.850. The van der Waals surface area contributed by atoms with E-state index in [1.807, 2.05) is 30.9 Å². The number of nitrogens with one attached hydrogen (secondary N) is 1. The average Bonchev–Trinajstić information content (AvgIpc) is 3.06. The van der Waals surface area contributed by atoms with Crippen LogP contribution in [0.25, 0.3) is 11.4 Å². The van der Waals surface area contributed by atoms with Crippen LogP contribution in [0, 0.1) is 6.92 Å². The number of likely N-dealkylation sites (N-methyl/N-ethyl adjacent to an activating group) is 1. The summed E-state index contributed by atoms with van der Waals surface area (Å²) in [5.41, 5.74) is 2.16. The fourth-order valence-electron chi connectivity index (χ4n) is 2.46. The van der Waals surface area contributed by atoms with Crippen molar-refractivity contribution in [3.05, 3.63) is 34.1 Å². The molecule has 1 aliphatic heterocycles. The monoisotopic (exact) mass is 353 g/mol. The van der Waals surface area contributed by atoms with Crippen LogP contribution in [0.5, 0.6) is 0 Å².